The van der Waals surface area contributed by atoms with Crippen LogP contribution in [-0.2, 0) is 6.61 Å². The van der Waals surface area contributed by atoms with Crippen LogP contribution in [0.15, 0.2) is 93.5 Å². The van der Waals surface area contributed by atoms with Gasteiger partial charge in [0.05, 0.1) is 24.0 Å². The van der Waals surface area contributed by atoms with Crippen molar-refractivity contribution in [3.63, 3.8) is 0 Å². The normalized spacial score (nSPS) is 14.8. The number of rotatable bonds is 5. The van der Waals surface area contributed by atoms with E-state index in [0.29, 0.717) is 34.6 Å². The molecule has 34 heavy (non-hydrogen) atoms. The molecule has 5 rings (SSSR count). The summed E-state index contributed by atoms with van der Waals surface area (Å²) in [6.45, 7) is 0.364. The maximum absolute atomic E-state index is 13.0. The van der Waals surface area contributed by atoms with Crippen molar-refractivity contribution < 1.29 is 18.6 Å². The van der Waals surface area contributed by atoms with Gasteiger partial charge in [0.25, 0.3) is 0 Å². The first-order valence-corrected chi connectivity index (χ1v) is 10.6. The summed E-state index contributed by atoms with van der Waals surface area (Å²) in [5.74, 6) is 0.438. The Hall–Kier alpha value is -4.70. The monoisotopic (exact) mass is 452 g/mol. The van der Waals surface area contributed by atoms with Gasteiger partial charge in [0.1, 0.15) is 23.8 Å². The highest BCUT2D eigenvalue weighted by atomic mass is 16.5. The molecule has 168 valence electrons. The quantitative estimate of drug-likeness (QED) is 0.441. The van der Waals surface area contributed by atoms with E-state index in [1.807, 2.05) is 36.4 Å². The minimum atomic E-state index is -0.785. The van der Waals surface area contributed by atoms with Crippen LogP contribution in [0, 0.1) is 11.3 Å². The Morgan fingerprint density at radius 1 is 1.03 bits per heavy atom. The van der Waals surface area contributed by atoms with Gasteiger partial charge in [0.15, 0.2) is 17.2 Å². The second-order valence-corrected chi connectivity index (χ2v) is 7.74. The van der Waals surface area contributed by atoms with Crippen LogP contribution in [0.25, 0.3) is 11.0 Å². The summed E-state index contributed by atoms with van der Waals surface area (Å²) in [7, 11) is 1.53. The molecule has 0 aliphatic carbocycles. The summed E-state index contributed by atoms with van der Waals surface area (Å²) in [5.41, 5.74) is 7.88. The van der Waals surface area contributed by atoms with Crippen molar-refractivity contribution in [3.05, 3.63) is 111 Å². The van der Waals surface area contributed by atoms with Crippen LogP contribution in [0.5, 0.6) is 17.2 Å². The second kappa shape index (κ2) is 8.68. The van der Waals surface area contributed by atoms with Crippen molar-refractivity contribution in [1.29, 1.82) is 5.26 Å². The van der Waals surface area contributed by atoms with Crippen molar-refractivity contribution in [2.45, 2.75) is 12.5 Å². The van der Waals surface area contributed by atoms with Crippen molar-refractivity contribution in [2.75, 3.05) is 7.11 Å². The average Bonchev–Trinajstić information content (AvgIpc) is 2.87. The Morgan fingerprint density at radius 3 is 2.56 bits per heavy atom. The highest BCUT2D eigenvalue weighted by Gasteiger charge is 2.35. The standard InChI is InChI=1S/C27H20N2O5/c1-31-22-13-17(11-12-21(22)32-15-16-7-3-2-4-8-16)23-19(14-28)26(29)34-25-18-9-5-6-10-20(18)33-27(30)24(23)25/h2-13,23H,15,29H2,1H3. The molecule has 1 aromatic heterocycles. The van der Waals surface area contributed by atoms with E-state index in [-0.39, 0.29) is 22.8 Å². The molecular weight excluding hydrogens is 432 g/mol. The maximum atomic E-state index is 13.0. The van der Waals surface area contributed by atoms with E-state index < -0.39 is 11.5 Å². The topological polar surface area (TPSA) is 108 Å². The van der Waals surface area contributed by atoms with Gasteiger partial charge < -0.3 is 24.4 Å². The summed E-state index contributed by atoms with van der Waals surface area (Å²) in [4.78, 5) is 13.0. The molecule has 0 amide bonds. The predicted octanol–water partition coefficient (Wildman–Crippen LogP) is 4.60. The Bertz CT molecular complexity index is 1520. The smallest absolute Gasteiger partial charge is 0.344 e. The maximum Gasteiger partial charge on any atom is 0.344 e. The molecule has 7 nitrogen and oxygen atoms in total. The fourth-order valence-electron chi connectivity index (χ4n) is 4.12. The Morgan fingerprint density at radius 2 is 1.79 bits per heavy atom. The molecule has 1 atom stereocenters. The van der Waals surface area contributed by atoms with Crippen LogP contribution in [0.3, 0.4) is 0 Å². The molecule has 0 bridgehead atoms. The molecule has 2 N–H and O–H groups in total. The molecule has 0 radical (unpaired) electrons. The van der Waals surface area contributed by atoms with E-state index >= 15 is 0 Å². The summed E-state index contributed by atoms with van der Waals surface area (Å²) < 4.78 is 22.8. The zero-order valence-corrected chi connectivity index (χ0v) is 18.3. The predicted molar refractivity (Wildman–Crippen MR) is 126 cm³/mol. The third-order valence-corrected chi connectivity index (χ3v) is 5.73. The number of methoxy groups -OCH3 is 1. The molecule has 0 fully saturated rings. The van der Waals surface area contributed by atoms with E-state index in [4.69, 9.17) is 24.4 Å². The number of para-hydroxylation sites is 1. The zero-order valence-electron chi connectivity index (χ0n) is 18.3. The zero-order chi connectivity index (χ0) is 23.7. The lowest BCUT2D eigenvalue weighted by Gasteiger charge is -2.26. The first-order valence-electron chi connectivity index (χ1n) is 10.6. The van der Waals surface area contributed by atoms with Gasteiger partial charge in [-0.05, 0) is 35.4 Å². The number of benzene rings is 3. The average molecular weight is 452 g/mol. The number of allylic oxidation sites excluding steroid dienone is 1. The highest BCUT2D eigenvalue weighted by Crippen LogP contribution is 2.45. The third kappa shape index (κ3) is 3.61. The largest absolute Gasteiger partial charge is 0.493 e. The minimum Gasteiger partial charge on any atom is -0.493 e. The van der Waals surface area contributed by atoms with E-state index in [1.165, 1.54) is 7.11 Å². The number of fused-ring (bicyclic) bond motifs is 3. The molecule has 1 aliphatic rings. The fraction of sp³-hybridized carbons (Fsp3) is 0.111. The van der Waals surface area contributed by atoms with E-state index in [1.54, 1.807) is 36.4 Å². The molecule has 3 aromatic carbocycles. The number of nitrogens with two attached hydrogens (primary N) is 1. The third-order valence-electron chi connectivity index (χ3n) is 5.73. The summed E-state index contributed by atoms with van der Waals surface area (Å²) in [6, 6.07) is 24.1. The summed E-state index contributed by atoms with van der Waals surface area (Å²) in [5, 5.41) is 10.5. The van der Waals surface area contributed by atoms with Gasteiger partial charge in [-0.15, -0.1) is 0 Å². The second-order valence-electron chi connectivity index (χ2n) is 7.74. The van der Waals surface area contributed by atoms with Crippen molar-refractivity contribution in [2.24, 2.45) is 5.73 Å². The highest BCUT2D eigenvalue weighted by molar-refractivity contribution is 5.86. The van der Waals surface area contributed by atoms with Crippen LogP contribution in [0.4, 0.5) is 0 Å². The molecule has 0 spiro atoms. The molecule has 0 saturated heterocycles. The summed E-state index contributed by atoms with van der Waals surface area (Å²) in [6.07, 6.45) is 0. The van der Waals surface area contributed by atoms with Gasteiger partial charge in [-0.1, -0.05) is 48.5 Å². The SMILES string of the molecule is COc1cc(C2C(C#N)=C(N)Oc3c2c(=O)oc2ccccc32)ccc1OCc1ccccc1. The van der Waals surface area contributed by atoms with Gasteiger partial charge in [0, 0.05) is 0 Å². The lowest BCUT2D eigenvalue weighted by molar-refractivity contribution is 0.284. The lowest BCUT2D eigenvalue weighted by atomic mass is 9.83. The Kier molecular flexibility index (Phi) is 5.40. The van der Waals surface area contributed by atoms with Crippen LogP contribution in [0.2, 0.25) is 0 Å². The number of nitrogens with zero attached hydrogens (tertiary/aromatic N) is 1. The van der Waals surface area contributed by atoms with E-state index in [0.717, 1.165) is 5.56 Å². The molecular formula is C27H20N2O5. The van der Waals surface area contributed by atoms with E-state index in [9.17, 15) is 10.1 Å². The van der Waals surface area contributed by atoms with Gasteiger partial charge in [0.2, 0.25) is 5.88 Å². The summed E-state index contributed by atoms with van der Waals surface area (Å²) >= 11 is 0. The van der Waals surface area contributed by atoms with Crippen LogP contribution < -0.4 is 25.6 Å². The molecule has 2 heterocycles. The first-order chi connectivity index (χ1) is 16.6. The minimum absolute atomic E-state index is 0.0564. The number of nitriles is 1. The van der Waals surface area contributed by atoms with Crippen molar-refractivity contribution >= 4 is 11.0 Å². The van der Waals surface area contributed by atoms with Crippen molar-refractivity contribution in [3.8, 4) is 23.3 Å². The van der Waals surface area contributed by atoms with Crippen molar-refractivity contribution in [1.82, 2.24) is 0 Å². The first kappa shape index (κ1) is 21.2. The molecule has 7 heteroatoms. The van der Waals surface area contributed by atoms with Crippen LogP contribution in [0.1, 0.15) is 22.6 Å². The molecule has 4 aromatic rings. The Balaban J connectivity index is 1.61. The Labute approximate surface area is 195 Å². The number of ether oxygens (including phenoxy) is 3. The fourth-order valence-corrected chi connectivity index (χ4v) is 4.12. The van der Waals surface area contributed by atoms with Gasteiger partial charge in [-0.3, -0.25) is 0 Å². The van der Waals surface area contributed by atoms with E-state index in [2.05, 4.69) is 6.07 Å². The van der Waals surface area contributed by atoms with Gasteiger partial charge in [-0.2, -0.15) is 5.26 Å². The van der Waals surface area contributed by atoms with Crippen LogP contribution in [-0.4, -0.2) is 7.11 Å². The van der Waals surface area contributed by atoms with Gasteiger partial charge >= 0.3 is 5.63 Å². The van der Waals surface area contributed by atoms with Gasteiger partial charge in [-0.25, -0.2) is 4.79 Å². The molecule has 1 aliphatic heterocycles. The molecule has 1 unspecified atom stereocenters. The number of hydrogen-bond donors (Lipinski definition) is 1. The van der Waals surface area contributed by atoms with Crippen LogP contribution >= 0.6 is 0 Å². The number of hydrogen-bond acceptors (Lipinski definition) is 7. The molecule has 0 saturated carbocycles. The lowest BCUT2D eigenvalue weighted by Crippen LogP contribution is -2.26.